The van der Waals surface area contributed by atoms with Crippen molar-refractivity contribution in [3.05, 3.63) is 36.8 Å². The smallest absolute Gasteiger partial charge is 0.137 e. The lowest BCUT2D eigenvalue weighted by Crippen LogP contribution is -2.11. The first-order valence-corrected chi connectivity index (χ1v) is 5.34. The molecule has 2 aromatic rings. The molecule has 0 aliphatic carbocycles. The van der Waals surface area contributed by atoms with Crippen LogP contribution in [0.15, 0.2) is 36.8 Å². The number of rotatable bonds is 3. The third-order valence-electron chi connectivity index (χ3n) is 2.47. The fourth-order valence-corrected chi connectivity index (χ4v) is 1.66. The van der Waals surface area contributed by atoms with Crippen LogP contribution in [0.1, 0.15) is 0 Å². The van der Waals surface area contributed by atoms with Crippen LogP contribution < -0.4 is 9.64 Å². The maximum atomic E-state index is 5.18. The Kier molecular flexibility index (Phi) is 3.23. The Morgan fingerprint density at radius 1 is 1.24 bits per heavy atom. The van der Waals surface area contributed by atoms with E-state index in [9.17, 15) is 0 Å². The minimum absolute atomic E-state index is 0.746. The highest BCUT2D eigenvalue weighted by molar-refractivity contribution is 5.75. The molecule has 2 heterocycles. The first kappa shape index (κ1) is 11.4. The van der Waals surface area contributed by atoms with Gasteiger partial charge in [-0.3, -0.25) is 4.98 Å². The normalized spacial score (nSPS) is 10.1. The van der Waals surface area contributed by atoms with Crippen molar-refractivity contribution in [3.8, 4) is 16.9 Å². The lowest BCUT2D eigenvalue weighted by molar-refractivity contribution is 0.413. The van der Waals surface area contributed by atoms with Crippen LogP contribution in [0.3, 0.4) is 0 Å². The number of ether oxygens (including phenoxy) is 1. The molecule has 0 aliphatic heterocycles. The van der Waals surface area contributed by atoms with Gasteiger partial charge in [-0.15, -0.1) is 0 Å². The summed E-state index contributed by atoms with van der Waals surface area (Å²) in [7, 11) is 5.58. The fourth-order valence-electron chi connectivity index (χ4n) is 1.66. The number of anilines is 1. The van der Waals surface area contributed by atoms with E-state index in [0.29, 0.717) is 0 Å². The van der Waals surface area contributed by atoms with E-state index in [0.717, 1.165) is 22.7 Å². The maximum absolute atomic E-state index is 5.18. The maximum Gasteiger partial charge on any atom is 0.137 e. The Hall–Kier alpha value is -2.10. The molecule has 0 saturated heterocycles. The van der Waals surface area contributed by atoms with E-state index in [4.69, 9.17) is 4.74 Å². The van der Waals surface area contributed by atoms with Gasteiger partial charge >= 0.3 is 0 Å². The van der Waals surface area contributed by atoms with Crippen molar-refractivity contribution < 1.29 is 4.74 Å². The van der Waals surface area contributed by atoms with E-state index < -0.39 is 0 Å². The standard InChI is InChI=1S/C13H15N3O/c1-16(2)13-12(5-4-6-15-13)10-7-11(17-3)9-14-8-10/h4-9H,1-3H3. The molecule has 0 N–H and O–H groups in total. The molecule has 0 aliphatic rings. The van der Waals surface area contributed by atoms with Gasteiger partial charge in [0.1, 0.15) is 11.6 Å². The predicted molar refractivity (Wildman–Crippen MR) is 68.3 cm³/mol. The van der Waals surface area contributed by atoms with Gasteiger partial charge in [-0.1, -0.05) is 0 Å². The number of aromatic nitrogens is 2. The first-order chi connectivity index (χ1) is 8.22. The zero-order valence-corrected chi connectivity index (χ0v) is 10.2. The molecule has 0 saturated carbocycles. The Balaban J connectivity index is 2.52. The van der Waals surface area contributed by atoms with E-state index >= 15 is 0 Å². The van der Waals surface area contributed by atoms with Gasteiger partial charge in [-0.05, 0) is 18.2 Å². The molecule has 88 valence electrons. The number of methoxy groups -OCH3 is 1. The van der Waals surface area contributed by atoms with Gasteiger partial charge in [-0.2, -0.15) is 0 Å². The second-order valence-corrected chi connectivity index (χ2v) is 3.88. The summed E-state index contributed by atoms with van der Waals surface area (Å²) in [6, 6.07) is 5.90. The topological polar surface area (TPSA) is 38.3 Å². The van der Waals surface area contributed by atoms with Crippen LogP contribution in [-0.2, 0) is 0 Å². The minimum Gasteiger partial charge on any atom is -0.495 e. The number of pyridine rings is 2. The van der Waals surface area contributed by atoms with Crippen LogP contribution in [0.2, 0.25) is 0 Å². The van der Waals surface area contributed by atoms with Gasteiger partial charge in [0.15, 0.2) is 0 Å². The lowest BCUT2D eigenvalue weighted by atomic mass is 10.1. The number of nitrogens with zero attached hydrogens (tertiary/aromatic N) is 3. The molecule has 17 heavy (non-hydrogen) atoms. The monoisotopic (exact) mass is 229 g/mol. The zero-order chi connectivity index (χ0) is 12.3. The molecule has 0 aromatic carbocycles. The molecule has 0 radical (unpaired) electrons. The van der Waals surface area contributed by atoms with Gasteiger partial charge in [0.25, 0.3) is 0 Å². The third kappa shape index (κ3) is 2.36. The van der Waals surface area contributed by atoms with E-state index in [1.807, 2.05) is 43.4 Å². The predicted octanol–water partition coefficient (Wildman–Crippen LogP) is 2.22. The Morgan fingerprint density at radius 2 is 2.06 bits per heavy atom. The molecule has 2 aromatic heterocycles. The van der Waals surface area contributed by atoms with Crippen molar-refractivity contribution in [3.63, 3.8) is 0 Å². The average Bonchev–Trinajstić information content (AvgIpc) is 2.39. The summed E-state index contributed by atoms with van der Waals surface area (Å²) in [6.45, 7) is 0. The summed E-state index contributed by atoms with van der Waals surface area (Å²) in [5.41, 5.74) is 2.05. The Morgan fingerprint density at radius 3 is 2.76 bits per heavy atom. The second-order valence-electron chi connectivity index (χ2n) is 3.88. The highest BCUT2D eigenvalue weighted by Crippen LogP contribution is 2.28. The van der Waals surface area contributed by atoms with Crippen LogP contribution in [-0.4, -0.2) is 31.2 Å². The summed E-state index contributed by atoms with van der Waals surface area (Å²) in [6.07, 6.45) is 5.29. The van der Waals surface area contributed by atoms with Crippen LogP contribution in [0.25, 0.3) is 11.1 Å². The molecule has 0 spiro atoms. The lowest BCUT2D eigenvalue weighted by Gasteiger charge is -2.15. The number of hydrogen-bond donors (Lipinski definition) is 0. The quantitative estimate of drug-likeness (QED) is 0.809. The van der Waals surface area contributed by atoms with E-state index in [1.165, 1.54) is 0 Å². The molecule has 0 unspecified atom stereocenters. The molecular weight excluding hydrogens is 214 g/mol. The zero-order valence-electron chi connectivity index (χ0n) is 10.2. The van der Waals surface area contributed by atoms with Gasteiger partial charge in [0, 0.05) is 37.6 Å². The second kappa shape index (κ2) is 4.82. The van der Waals surface area contributed by atoms with Crippen molar-refractivity contribution in [1.82, 2.24) is 9.97 Å². The van der Waals surface area contributed by atoms with Crippen LogP contribution >= 0.6 is 0 Å². The van der Waals surface area contributed by atoms with Crippen molar-refractivity contribution in [2.75, 3.05) is 26.1 Å². The van der Waals surface area contributed by atoms with Crippen LogP contribution in [0.4, 0.5) is 5.82 Å². The molecule has 0 bridgehead atoms. The highest BCUT2D eigenvalue weighted by atomic mass is 16.5. The Bertz CT molecular complexity index is 512. The number of hydrogen-bond acceptors (Lipinski definition) is 4. The summed E-state index contributed by atoms with van der Waals surface area (Å²) < 4.78 is 5.18. The highest BCUT2D eigenvalue weighted by Gasteiger charge is 2.08. The SMILES string of the molecule is COc1cncc(-c2cccnc2N(C)C)c1. The van der Waals surface area contributed by atoms with Crippen molar-refractivity contribution >= 4 is 5.82 Å². The van der Waals surface area contributed by atoms with Crippen molar-refractivity contribution in [1.29, 1.82) is 0 Å². The summed E-state index contributed by atoms with van der Waals surface area (Å²) >= 11 is 0. The van der Waals surface area contributed by atoms with Crippen LogP contribution in [0.5, 0.6) is 5.75 Å². The molecule has 0 atom stereocenters. The first-order valence-electron chi connectivity index (χ1n) is 5.34. The van der Waals surface area contributed by atoms with Gasteiger partial charge in [-0.25, -0.2) is 4.98 Å². The molecule has 4 heteroatoms. The van der Waals surface area contributed by atoms with Crippen LogP contribution in [0, 0.1) is 0 Å². The van der Waals surface area contributed by atoms with E-state index in [-0.39, 0.29) is 0 Å². The molecular formula is C13H15N3O. The molecule has 0 fully saturated rings. The molecule has 0 amide bonds. The van der Waals surface area contributed by atoms with E-state index in [2.05, 4.69) is 9.97 Å². The Labute approximate surface area is 101 Å². The summed E-state index contributed by atoms with van der Waals surface area (Å²) in [5, 5.41) is 0. The third-order valence-corrected chi connectivity index (χ3v) is 2.47. The van der Waals surface area contributed by atoms with Crippen molar-refractivity contribution in [2.45, 2.75) is 0 Å². The fraction of sp³-hybridized carbons (Fsp3) is 0.231. The summed E-state index contributed by atoms with van der Waals surface area (Å²) in [5.74, 6) is 1.67. The molecule has 2 rings (SSSR count). The van der Waals surface area contributed by atoms with E-state index in [1.54, 1.807) is 19.5 Å². The minimum atomic E-state index is 0.746. The van der Waals surface area contributed by atoms with Gasteiger partial charge < -0.3 is 9.64 Å². The average molecular weight is 229 g/mol. The van der Waals surface area contributed by atoms with Gasteiger partial charge in [0.2, 0.25) is 0 Å². The van der Waals surface area contributed by atoms with Crippen molar-refractivity contribution in [2.24, 2.45) is 0 Å². The molecule has 4 nitrogen and oxygen atoms in total. The summed E-state index contributed by atoms with van der Waals surface area (Å²) in [4.78, 5) is 10.5. The van der Waals surface area contributed by atoms with Gasteiger partial charge in [0.05, 0.1) is 13.3 Å². The largest absolute Gasteiger partial charge is 0.495 e.